The molecule has 0 fully saturated rings. The Kier molecular flexibility index (Phi) is 4.38. The van der Waals surface area contributed by atoms with Crippen LogP contribution in [0.4, 0.5) is 0 Å². The van der Waals surface area contributed by atoms with E-state index in [1.54, 1.807) is 19.1 Å². The third kappa shape index (κ3) is 2.85. The van der Waals surface area contributed by atoms with Crippen LogP contribution in [0.2, 0.25) is 5.02 Å². The highest BCUT2D eigenvalue weighted by Gasteiger charge is 2.18. The normalized spacial score (nSPS) is 12.5. The highest BCUT2D eigenvalue weighted by Crippen LogP contribution is 2.30. The molecule has 3 aromatic rings. The van der Waals surface area contributed by atoms with Crippen molar-refractivity contribution in [1.29, 1.82) is 0 Å². The summed E-state index contributed by atoms with van der Waals surface area (Å²) in [7, 11) is 0. The first kappa shape index (κ1) is 15.7. The largest absolute Gasteiger partial charge is 0.448 e. The summed E-state index contributed by atoms with van der Waals surface area (Å²) in [6.07, 6.45) is 0. The molecule has 22 heavy (non-hydrogen) atoms. The molecule has 1 unspecified atom stereocenters. The minimum absolute atomic E-state index is 0.172. The maximum atomic E-state index is 12.8. The molecule has 6 heteroatoms. The van der Waals surface area contributed by atoms with Crippen LogP contribution < -0.4 is 5.43 Å². The van der Waals surface area contributed by atoms with Gasteiger partial charge in [-0.2, -0.15) is 0 Å². The molecule has 0 aliphatic heterocycles. The van der Waals surface area contributed by atoms with Gasteiger partial charge in [-0.15, -0.1) is 11.3 Å². The van der Waals surface area contributed by atoms with Gasteiger partial charge in [-0.05, 0) is 53.8 Å². The van der Waals surface area contributed by atoms with Crippen molar-refractivity contribution in [3.8, 4) is 0 Å². The van der Waals surface area contributed by atoms with Crippen LogP contribution in [0, 0.1) is 0 Å². The molecule has 2 aromatic carbocycles. The molecule has 112 valence electrons. The number of rotatable bonds is 2. The van der Waals surface area contributed by atoms with Gasteiger partial charge in [0, 0.05) is 19.8 Å². The highest BCUT2D eigenvalue weighted by molar-refractivity contribution is 14.1. The van der Waals surface area contributed by atoms with Gasteiger partial charge in [0.05, 0.1) is 10.9 Å². The number of benzene rings is 2. The number of alkyl halides is 1. The predicted octanol–water partition coefficient (Wildman–Crippen LogP) is 5.01. The van der Waals surface area contributed by atoms with Crippen LogP contribution in [0.1, 0.15) is 17.3 Å². The Labute approximate surface area is 149 Å². The topological polar surface area (TPSA) is 43.4 Å². The molecule has 1 heterocycles. The first-order valence-corrected chi connectivity index (χ1v) is 8.91. The van der Waals surface area contributed by atoms with Crippen LogP contribution in [-0.2, 0) is 4.74 Å². The average Bonchev–Trinajstić information content (AvgIpc) is 2.45. The number of fused-ring (bicyclic) bond motifs is 2. The number of halogens is 2. The van der Waals surface area contributed by atoms with E-state index < -0.39 is 5.97 Å². The van der Waals surface area contributed by atoms with Crippen LogP contribution >= 0.6 is 45.5 Å². The maximum Gasteiger partial charge on any atom is 0.340 e. The van der Waals surface area contributed by atoms with Gasteiger partial charge in [0.25, 0.3) is 0 Å². The highest BCUT2D eigenvalue weighted by atomic mass is 127. The van der Waals surface area contributed by atoms with Gasteiger partial charge in [-0.25, -0.2) is 4.79 Å². The Hall–Kier alpha value is -1.18. The fraction of sp³-hybridized carbons (Fsp3) is 0.125. The molecular weight excluding hydrogens is 435 g/mol. The lowest BCUT2D eigenvalue weighted by atomic mass is 10.1. The number of ether oxygens (including phenoxy) is 1. The molecule has 3 nitrogen and oxygen atoms in total. The van der Waals surface area contributed by atoms with Crippen molar-refractivity contribution in [3.63, 3.8) is 0 Å². The summed E-state index contributed by atoms with van der Waals surface area (Å²) in [5.41, 5.74) is 0.0482. The summed E-state index contributed by atoms with van der Waals surface area (Å²) >= 11 is 9.53. The summed E-state index contributed by atoms with van der Waals surface area (Å²) in [5.74, 6) is -0.533. The minimum atomic E-state index is -0.533. The number of carbonyl (C=O) groups is 1. The van der Waals surface area contributed by atoms with Crippen LogP contribution in [0.3, 0.4) is 0 Å². The van der Waals surface area contributed by atoms with E-state index >= 15 is 0 Å². The van der Waals surface area contributed by atoms with E-state index in [-0.39, 0.29) is 15.1 Å². The second kappa shape index (κ2) is 6.14. The number of esters is 1. The lowest BCUT2D eigenvalue weighted by Crippen LogP contribution is -2.13. The second-order valence-corrected chi connectivity index (χ2v) is 7.98. The number of hydrogen-bond acceptors (Lipinski definition) is 4. The first-order chi connectivity index (χ1) is 10.5. The zero-order valence-electron chi connectivity index (χ0n) is 11.4. The lowest BCUT2D eigenvalue weighted by molar-refractivity contribution is 0.0504. The smallest absolute Gasteiger partial charge is 0.340 e. The van der Waals surface area contributed by atoms with Crippen molar-refractivity contribution in [2.45, 2.75) is 11.0 Å². The molecule has 1 atom stereocenters. The van der Waals surface area contributed by atoms with Gasteiger partial charge in [0.1, 0.15) is 4.11 Å². The fourth-order valence-corrected chi connectivity index (χ4v) is 3.92. The maximum absolute atomic E-state index is 12.8. The van der Waals surface area contributed by atoms with Crippen LogP contribution in [0.5, 0.6) is 0 Å². The second-order valence-electron chi connectivity index (χ2n) is 4.70. The van der Waals surface area contributed by atoms with Gasteiger partial charge in [0.15, 0.2) is 5.43 Å². The van der Waals surface area contributed by atoms with Gasteiger partial charge in [-0.3, -0.25) is 4.79 Å². The van der Waals surface area contributed by atoms with E-state index in [1.165, 1.54) is 17.4 Å². The monoisotopic (exact) mass is 444 g/mol. The van der Waals surface area contributed by atoms with Crippen LogP contribution in [-0.4, -0.2) is 10.1 Å². The van der Waals surface area contributed by atoms with Crippen LogP contribution in [0.25, 0.3) is 20.2 Å². The standard InChI is InChI=1S/C16H10ClIO3S/c1-8(18)21-16(20)11-6-9(17)7-13-14(11)15(19)10-4-2-3-5-12(10)22-13/h2-8H,1H3. The zero-order valence-corrected chi connectivity index (χ0v) is 15.2. The molecule has 0 saturated heterocycles. The van der Waals surface area contributed by atoms with Crippen LogP contribution in [0.15, 0.2) is 41.2 Å². The predicted molar refractivity (Wildman–Crippen MR) is 99.5 cm³/mol. The lowest BCUT2D eigenvalue weighted by Gasteiger charge is -2.10. The Morgan fingerprint density at radius 1 is 1.27 bits per heavy atom. The van der Waals surface area contributed by atoms with Crippen molar-refractivity contribution >= 4 is 71.7 Å². The minimum Gasteiger partial charge on any atom is -0.448 e. The number of hydrogen-bond donors (Lipinski definition) is 0. The summed E-state index contributed by atoms with van der Waals surface area (Å²) in [6.45, 7) is 1.75. The van der Waals surface area contributed by atoms with Crippen molar-refractivity contribution in [2.24, 2.45) is 0 Å². The molecule has 0 radical (unpaired) electrons. The fourth-order valence-electron chi connectivity index (χ4n) is 2.26. The third-order valence-electron chi connectivity index (χ3n) is 3.13. The summed E-state index contributed by atoms with van der Waals surface area (Å²) in [4.78, 5) is 25.1. The molecule has 0 spiro atoms. The van der Waals surface area contributed by atoms with Gasteiger partial charge >= 0.3 is 5.97 Å². The van der Waals surface area contributed by atoms with E-state index in [2.05, 4.69) is 0 Å². The summed E-state index contributed by atoms with van der Waals surface area (Å²) < 4.78 is 6.48. The molecule has 0 bridgehead atoms. The first-order valence-electron chi connectivity index (χ1n) is 6.47. The molecule has 0 amide bonds. The van der Waals surface area contributed by atoms with Crippen molar-refractivity contribution < 1.29 is 9.53 Å². The molecule has 0 saturated carbocycles. The summed E-state index contributed by atoms with van der Waals surface area (Å²) in [5, 5.41) is 1.38. The van der Waals surface area contributed by atoms with Crippen molar-refractivity contribution in [1.82, 2.24) is 0 Å². The van der Waals surface area contributed by atoms with Gasteiger partial charge < -0.3 is 4.74 Å². The Morgan fingerprint density at radius 3 is 2.73 bits per heavy atom. The molecule has 0 aliphatic carbocycles. The van der Waals surface area contributed by atoms with E-state index in [9.17, 15) is 9.59 Å². The molecule has 0 aliphatic rings. The average molecular weight is 445 g/mol. The van der Waals surface area contributed by atoms with Gasteiger partial charge in [-0.1, -0.05) is 23.7 Å². The van der Waals surface area contributed by atoms with Crippen molar-refractivity contribution in [2.75, 3.05) is 0 Å². The SMILES string of the molecule is CC(I)OC(=O)c1cc(Cl)cc2sc3ccccc3c(=O)c12. The van der Waals surface area contributed by atoms with E-state index in [4.69, 9.17) is 16.3 Å². The third-order valence-corrected chi connectivity index (χ3v) is 4.73. The van der Waals surface area contributed by atoms with Crippen molar-refractivity contribution in [3.05, 3.63) is 57.2 Å². The quantitative estimate of drug-likeness (QED) is 0.242. The Balaban J connectivity index is 2.39. The van der Waals surface area contributed by atoms with Gasteiger partial charge in [0.2, 0.25) is 0 Å². The van der Waals surface area contributed by atoms with E-state index in [0.29, 0.717) is 20.5 Å². The Morgan fingerprint density at radius 2 is 2.00 bits per heavy atom. The molecule has 1 aromatic heterocycles. The Bertz CT molecular complexity index is 949. The zero-order chi connectivity index (χ0) is 15.9. The summed E-state index contributed by atoms with van der Waals surface area (Å²) in [6, 6.07) is 10.5. The van der Waals surface area contributed by atoms with E-state index in [0.717, 1.165) is 4.70 Å². The molecule has 0 N–H and O–H groups in total. The molecule has 3 rings (SSSR count). The molecular formula is C16H10ClIO3S. The van der Waals surface area contributed by atoms with E-state index in [1.807, 2.05) is 40.8 Å². The number of carbonyl (C=O) groups excluding carboxylic acids is 1.